The Morgan fingerprint density at radius 2 is 1.96 bits per heavy atom. The molecule has 0 unspecified atom stereocenters. The lowest BCUT2D eigenvalue weighted by atomic mass is 10.2. The number of nitrogens with zero attached hydrogens (tertiary/aromatic N) is 3. The summed E-state index contributed by atoms with van der Waals surface area (Å²) < 4.78 is 21.5. The fourth-order valence-electron chi connectivity index (χ4n) is 3.24. The van der Waals surface area contributed by atoms with Gasteiger partial charge in [-0.3, -0.25) is 14.0 Å². The Balaban J connectivity index is 1.61. The van der Waals surface area contributed by atoms with Crippen molar-refractivity contribution in [3.63, 3.8) is 0 Å². The normalized spacial score (nSPS) is 11.4. The first-order valence-corrected chi connectivity index (χ1v) is 8.99. The highest BCUT2D eigenvalue weighted by atomic mass is 19.1. The van der Waals surface area contributed by atoms with Crippen LogP contribution in [-0.4, -0.2) is 20.1 Å². The van der Waals surface area contributed by atoms with Crippen molar-refractivity contribution >= 4 is 22.5 Å². The first-order valence-electron chi connectivity index (χ1n) is 8.99. The van der Waals surface area contributed by atoms with Gasteiger partial charge in [-0.15, -0.1) is 0 Å². The summed E-state index contributed by atoms with van der Waals surface area (Å²) >= 11 is 0. The van der Waals surface area contributed by atoms with Crippen molar-refractivity contribution < 1.29 is 13.6 Å². The highest BCUT2D eigenvalue weighted by Crippen LogP contribution is 2.23. The van der Waals surface area contributed by atoms with Crippen LogP contribution in [-0.2, 0) is 24.3 Å². The number of amides is 1. The van der Waals surface area contributed by atoms with E-state index in [1.165, 1.54) is 16.8 Å². The molecule has 0 atom stereocenters. The molecular formula is C20H19FN4O3. The van der Waals surface area contributed by atoms with Gasteiger partial charge in [0.25, 0.3) is 5.56 Å². The van der Waals surface area contributed by atoms with Crippen LogP contribution >= 0.6 is 0 Å². The predicted octanol–water partition coefficient (Wildman–Crippen LogP) is 2.57. The van der Waals surface area contributed by atoms with Gasteiger partial charge in [0.05, 0.1) is 5.52 Å². The van der Waals surface area contributed by atoms with E-state index in [4.69, 9.17) is 4.42 Å². The second kappa shape index (κ2) is 6.95. The minimum absolute atomic E-state index is 0.199. The van der Waals surface area contributed by atoms with E-state index in [0.29, 0.717) is 23.3 Å². The van der Waals surface area contributed by atoms with Gasteiger partial charge in [-0.05, 0) is 24.6 Å². The van der Waals surface area contributed by atoms with Crippen LogP contribution < -0.4 is 10.9 Å². The number of furan rings is 1. The number of carbonyl (C=O) groups excluding carboxylic acids is 1. The molecule has 1 N–H and O–H groups in total. The first kappa shape index (κ1) is 18.0. The van der Waals surface area contributed by atoms with E-state index in [-0.39, 0.29) is 30.4 Å². The summed E-state index contributed by atoms with van der Waals surface area (Å²) in [6.07, 6.45) is 0.585. The molecular weight excluding hydrogens is 363 g/mol. The van der Waals surface area contributed by atoms with E-state index in [0.717, 1.165) is 16.8 Å². The number of fused-ring (bicyclic) bond motifs is 3. The van der Waals surface area contributed by atoms with E-state index in [1.807, 2.05) is 19.9 Å². The molecule has 0 aliphatic carbocycles. The van der Waals surface area contributed by atoms with Crippen molar-refractivity contribution in [2.45, 2.75) is 33.4 Å². The molecule has 7 nitrogen and oxygen atoms in total. The van der Waals surface area contributed by atoms with Crippen LogP contribution in [0.3, 0.4) is 0 Å². The number of hydrogen-bond donors (Lipinski definition) is 1. The van der Waals surface area contributed by atoms with E-state index in [2.05, 4.69) is 10.4 Å². The molecule has 144 valence electrons. The van der Waals surface area contributed by atoms with Crippen molar-refractivity contribution in [3.05, 3.63) is 69.7 Å². The standard InChI is InChI=1S/C20H19FN4O3/c1-3-18-23-24(11-19(26)22-10-13-4-6-14(21)7-5-13)20(27)16-9-17-15(25(16)18)8-12(2)28-17/h4-9H,3,10-11H2,1-2H3,(H,22,26). The molecule has 1 amide bonds. The van der Waals surface area contributed by atoms with Gasteiger partial charge in [-0.25, -0.2) is 9.07 Å². The third-order valence-corrected chi connectivity index (χ3v) is 4.57. The molecule has 0 aliphatic rings. The molecule has 0 fully saturated rings. The molecule has 4 rings (SSSR count). The third-order valence-electron chi connectivity index (χ3n) is 4.57. The second-order valence-corrected chi connectivity index (χ2v) is 6.61. The zero-order valence-electron chi connectivity index (χ0n) is 15.5. The summed E-state index contributed by atoms with van der Waals surface area (Å²) in [7, 11) is 0. The number of aromatic nitrogens is 3. The minimum atomic E-state index is -0.363. The Bertz CT molecular complexity index is 1230. The lowest BCUT2D eigenvalue weighted by molar-refractivity contribution is -0.122. The van der Waals surface area contributed by atoms with Crippen LogP contribution in [0.2, 0.25) is 0 Å². The van der Waals surface area contributed by atoms with Crippen molar-refractivity contribution in [2.24, 2.45) is 0 Å². The Morgan fingerprint density at radius 1 is 1.21 bits per heavy atom. The van der Waals surface area contributed by atoms with E-state index in [9.17, 15) is 14.0 Å². The smallest absolute Gasteiger partial charge is 0.291 e. The predicted molar refractivity (Wildman–Crippen MR) is 102 cm³/mol. The molecule has 0 spiro atoms. The summed E-state index contributed by atoms with van der Waals surface area (Å²) in [5, 5.41) is 7.09. The maximum atomic E-state index is 12.9. The average molecular weight is 382 g/mol. The Morgan fingerprint density at radius 3 is 2.68 bits per heavy atom. The van der Waals surface area contributed by atoms with Gasteiger partial charge in [-0.2, -0.15) is 5.10 Å². The summed E-state index contributed by atoms with van der Waals surface area (Å²) in [6, 6.07) is 9.40. The largest absolute Gasteiger partial charge is 0.460 e. The van der Waals surface area contributed by atoms with Crippen molar-refractivity contribution in [3.8, 4) is 0 Å². The molecule has 4 aromatic rings. The van der Waals surface area contributed by atoms with Gasteiger partial charge < -0.3 is 9.73 Å². The molecule has 3 heterocycles. The molecule has 0 saturated carbocycles. The summed E-state index contributed by atoms with van der Waals surface area (Å²) in [5.74, 6) is 0.735. The number of aryl methyl sites for hydroxylation is 2. The zero-order chi connectivity index (χ0) is 19.8. The number of hydrogen-bond acceptors (Lipinski definition) is 4. The molecule has 1 aromatic carbocycles. The van der Waals surface area contributed by atoms with Crippen LogP contribution in [0.15, 0.2) is 45.6 Å². The van der Waals surface area contributed by atoms with Crippen LogP contribution in [0.25, 0.3) is 16.6 Å². The second-order valence-electron chi connectivity index (χ2n) is 6.61. The Kier molecular flexibility index (Phi) is 4.46. The molecule has 8 heteroatoms. The van der Waals surface area contributed by atoms with E-state index in [1.54, 1.807) is 22.6 Å². The molecule has 0 radical (unpaired) electrons. The zero-order valence-corrected chi connectivity index (χ0v) is 15.5. The number of carbonyl (C=O) groups is 1. The summed E-state index contributed by atoms with van der Waals surface area (Å²) in [4.78, 5) is 25.1. The average Bonchev–Trinajstić information content (AvgIpc) is 3.20. The summed E-state index contributed by atoms with van der Waals surface area (Å²) in [6.45, 7) is 3.82. The van der Waals surface area contributed by atoms with Gasteiger partial charge >= 0.3 is 0 Å². The molecule has 0 aliphatic heterocycles. The lowest BCUT2D eigenvalue weighted by Gasteiger charge is -2.10. The van der Waals surface area contributed by atoms with Gasteiger partial charge in [0, 0.05) is 25.1 Å². The fraction of sp³-hybridized carbons (Fsp3) is 0.250. The third kappa shape index (κ3) is 3.17. The number of rotatable bonds is 5. The highest BCUT2D eigenvalue weighted by molar-refractivity contribution is 5.83. The first-order chi connectivity index (χ1) is 13.5. The van der Waals surface area contributed by atoms with Crippen molar-refractivity contribution in [2.75, 3.05) is 0 Å². The van der Waals surface area contributed by atoms with Crippen LogP contribution in [0, 0.1) is 12.7 Å². The maximum absolute atomic E-state index is 12.9. The van der Waals surface area contributed by atoms with Gasteiger partial charge in [-0.1, -0.05) is 19.1 Å². The van der Waals surface area contributed by atoms with Gasteiger partial charge in [0.1, 0.15) is 29.5 Å². The van der Waals surface area contributed by atoms with Gasteiger partial charge in [0.2, 0.25) is 5.91 Å². The van der Waals surface area contributed by atoms with Crippen LogP contribution in [0.1, 0.15) is 24.1 Å². The molecule has 0 saturated heterocycles. The molecule has 0 bridgehead atoms. The molecule has 28 heavy (non-hydrogen) atoms. The SMILES string of the molecule is CCc1nn(CC(=O)NCc2ccc(F)cc2)c(=O)c2cc3oc(C)cc3n12. The van der Waals surface area contributed by atoms with Crippen molar-refractivity contribution in [1.29, 1.82) is 0 Å². The topological polar surface area (TPSA) is 81.5 Å². The number of halogens is 1. The molecule has 3 aromatic heterocycles. The fourth-order valence-corrected chi connectivity index (χ4v) is 3.24. The van der Waals surface area contributed by atoms with Gasteiger partial charge in [0.15, 0.2) is 5.58 Å². The number of benzene rings is 1. The van der Waals surface area contributed by atoms with Crippen LogP contribution in [0.5, 0.6) is 0 Å². The lowest BCUT2D eigenvalue weighted by Crippen LogP contribution is -2.35. The van der Waals surface area contributed by atoms with Crippen molar-refractivity contribution in [1.82, 2.24) is 19.5 Å². The van der Waals surface area contributed by atoms with E-state index < -0.39 is 0 Å². The van der Waals surface area contributed by atoms with E-state index >= 15 is 0 Å². The van der Waals surface area contributed by atoms with Crippen LogP contribution in [0.4, 0.5) is 4.39 Å². The quantitative estimate of drug-likeness (QED) is 0.575. The Hall–Kier alpha value is -3.42. The Labute approximate surface area is 159 Å². The minimum Gasteiger partial charge on any atom is -0.460 e. The highest BCUT2D eigenvalue weighted by Gasteiger charge is 2.17. The monoisotopic (exact) mass is 382 g/mol. The number of nitrogens with one attached hydrogen (secondary N) is 1. The maximum Gasteiger partial charge on any atom is 0.291 e. The summed E-state index contributed by atoms with van der Waals surface area (Å²) in [5.41, 5.74) is 2.23.